The molecule has 3 N–H and O–H groups in total. The summed E-state index contributed by atoms with van der Waals surface area (Å²) in [6.45, 7) is 4.63. The van der Waals surface area contributed by atoms with Crippen LogP contribution in [0, 0.1) is 19.7 Å². The van der Waals surface area contributed by atoms with Gasteiger partial charge >= 0.3 is 5.69 Å². The number of methoxy groups -OCH3 is 1. The first-order valence-corrected chi connectivity index (χ1v) is 14.1. The highest BCUT2D eigenvalue weighted by Crippen LogP contribution is 2.38. The summed E-state index contributed by atoms with van der Waals surface area (Å²) in [5.41, 5.74) is 4.30. The third kappa shape index (κ3) is 5.78. The highest BCUT2D eigenvalue weighted by molar-refractivity contribution is 6.04. The molecule has 1 saturated heterocycles. The van der Waals surface area contributed by atoms with Gasteiger partial charge in [-0.1, -0.05) is 30.3 Å². The lowest BCUT2D eigenvalue weighted by atomic mass is 9.90. The first-order valence-electron chi connectivity index (χ1n) is 14.1. The maximum absolute atomic E-state index is 15.6. The van der Waals surface area contributed by atoms with Crippen molar-refractivity contribution in [2.24, 2.45) is 7.05 Å². The lowest BCUT2D eigenvalue weighted by Gasteiger charge is -2.24. The molecule has 1 atom stereocenters. The first kappa shape index (κ1) is 30.4. The van der Waals surface area contributed by atoms with Gasteiger partial charge in [-0.05, 0) is 72.5 Å². The van der Waals surface area contributed by atoms with Gasteiger partial charge in [0.15, 0.2) is 0 Å². The number of hydrogen-bond acceptors (Lipinski definition) is 6. The Kier molecular flexibility index (Phi) is 8.50. The highest BCUT2D eigenvalue weighted by Gasteiger charge is 2.27. The van der Waals surface area contributed by atoms with E-state index in [1.165, 1.54) is 20.2 Å². The highest BCUT2D eigenvalue weighted by atomic mass is 19.1. The minimum Gasteiger partial charge on any atom is -0.496 e. The zero-order chi connectivity index (χ0) is 31.7. The van der Waals surface area contributed by atoms with Gasteiger partial charge in [-0.25, -0.2) is 9.18 Å². The fraction of sp³-hybridized carbons (Fsp3) is 0.273. The average molecular weight is 600 g/mol. The van der Waals surface area contributed by atoms with Gasteiger partial charge in [-0.3, -0.25) is 23.9 Å². The van der Waals surface area contributed by atoms with Crippen molar-refractivity contribution in [1.82, 2.24) is 19.8 Å². The second-order valence-corrected chi connectivity index (χ2v) is 11.0. The summed E-state index contributed by atoms with van der Waals surface area (Å²) >= 11 is 0. The number of aromatic amines is 1. The van der Waals surface area contributed by atoms with Crippen LogP contribution in [0.4, 0.5) is 10.1 Å². The number of rotatable bonds is 8. The molecule has 44 heavy (non-hydrogen) atoms. The SMILES string of the molecule is COc1cc(-c2cccc(-c3cccc(NC(=O)c4c[nH]c(=O)n(C)c4=O)c3C)c2C)cc(F)c1CN(C)C1CNC(=O)C1. The van der Waals surface area contributed by atoms with E-state index in [9.17, 15) is 19.2 Å². The van der Waals surface area contributed by atoms with Gasteiger partial charge < -0.3 is 20.4 Å². The topological polar surface area (TPSA) is 126 Å². The van der Waals surface area contributed by atoms with Crippen molar-refractivity contribution in [2.45, 2.75) is 32.9 Å². The summed E-state index contributed by atoms with van der Waals surface area (Å²) in [5.74, 6) is -0.634. The second-order valence-electron chi connectivity index (χ2n) is 11.0. The molecule has 5 rings (SSSR count). The number of carbonyl (C=O) groups excluding carboxylic acids is 2. The predicted octanol–water partition coefficient (Wildman–Crippen LogP) is 3.74. The Morgan fingerprint density at radius 2 is 1.75 bits per heavy atom. The summed E-state index contributed by atoms with van der Waals surface area (Å²) < 4.78 is 22.1. The molecule has 4 aromatic rings. The number of anilines is 1. The lowest BCUT2D eigenvalue weighted by Crippen LogP contribution is -2.37. The number of likely N-dealkylation sites (N-methyl/N-ethyl adjacent to an activating group) is 1. The Bertz CT molecular complexity index is 1900. The number of nitrogens with one attached hydrogen (secondary N) is 3. The van der Waals surface area contributed by atoms with Gasteiger partial charge in [-0.15, -0.1) is 0 Å². The third-order valence-corrected chi connectivity index (χ3v) is 8.30. The van der Waals surface area contributed by atoms with Crippen LogP contribution in [0.5, 0.6) is 5.75 Å². The molecule has 0 radical (unpaired) electrons. The van der Waals surface area contributed by atoms with Crippen LogP contribution in [0.3, 0.4) is 0 Å². The Balaban J connectivity index is 1.46. The van der Waals surface area contributed by atoms with Crippen molar-refractivity contribution in [3.63, 3.8) is 0 Å². The molecule has 2 amide bonds. The molecule has 11 heteroatoms. The van der Waals surface area contributed by atoms with E-state index in [0.29, 0.717) is 35.5 Å². The molecule has 0 aliphatic carbocycles. The summed E-state index contributed by atoms with van der Waals surface area (Å²) in [5, 5.41) is 5.60. The fourth-order valence-electron chi connectivity index (χ4n) is 5.60. The van der Waals surface area contributed by atoms with E-state index in [-0.39, 0.29) is 24.1 Å². The monoisotopic (exact) mass is 599 g/mol. The smallest absolute Gasteiger partial charge is 0.328 e. The summed E-state index contributed by atoms with van der Waals surface area (Å²) in [6, 6.07) is 14.5. The van der Waals surface area contributed by atoms with Crippen LogP contribution in [0.25, 0.3) is 22.3 Å². The summed E-state index contributed by atoms with van der Waals surface area (Å²) in [7, 11) is 4.67. The van der Waals surface area contributed by atoms with Gasteiger partial charge in [0.05, 0.1) is 7.11 Å². The Hall–Kier alpha value is -5.03. The number of amides is 2. The van der Waals surface area contributed by atoms with E-state index >= 15 is 4.39 Å². The van der Waals surface area contributed by atoms with Crippen molar-refractivity contribution in [3.8, 4) is 28.0 Å². The van der Waals surface area contributed by atoms with Crippen LogP contribution in [0.15, 0.2) is 64.3 Å². The van der Waals surface area contributed by atoms with E-state index in [2.05, 4.69) is 15.6 Å². The van der Waals surface area contributed by atoms with Crippen molar-refractivity contribution in [1.29, 1.82) is 0 Å². The molecule has 1 aromatic heterocycles. The van der Waals surface area contributed by atoms with E-state index in [0.717, 1.165) is 38.6 Å². The zero-order valence-electron chi connectivity index (χ0n) is 25.2. The van der Waals surface area contributed by atoms with Crippen LogP contribution in [0.2, 0.25) is 0 Å². The predicted molar refractivity (Wildman–Crippen MR) is 166 cm³/mol. The Labute approximate surface area is 253 Å². The number of aromatic nitrogens is 2. The lowest BCUT2D eigenvalue weighted by molar-refractivity contribution is -0.119. The molecule has 0 saturated carbocycles. The first-order chi connectivity index (χ1) is 21.0. The van der Waals surface area contributed by atoms with E-state index < -0.39 is 23.0 Å². The van der Waals surface area contributed by atoms with E-state index in [4.69, 9.17) is 4.74 Å². The normalized spacial score (nSPS) is 14.5. The molecule has 228 valence electrons. The largest absolute Gasteiger partial charge is 0.496 e. The number of H-pyrrole nitrogens is 1. The van der Waals surface area contributed by atoms with Crippen molar-refractivity contribution < 1.29 is 18.7 Å². The van der Waals surface area contributed by atoms with Crippen LogP contribution in [-0.2, 0) is 18.4 Å². The average Bonchev–Trinajstić information content (AvgIpc) is 3.44. The molecule has 2 heterocycles. The molecular weight excluding hydrogens is 565 g/mol. The minimum atomic E-state index is -0.699. The van der Waals surface area contributed by atoms with Crippen LogP contribution in [0.1, 0.15) is 33.5 Å². The number of benzene rings is 3. The molecule has 10 nitrogen and oxygen atoms in total. The Morgan fingerprint density at radius 3 is 2.43 bits per heavy atom. The minimum absolute atomic E-state index is 0.0114. The van der Waals surface area contributed by atoms with Crippen LogP contribution in [-0.4, -0.2) is 53.0 Å². The van der Waals surface area contributed by atoms with Crippen LogP contribution < -0.4 is 26.6 Å². The van der Waals surface area contributed by atoms with Gasteiger partial charge in [0, 0.05) is 50.0 Å². The maximum atomic E-state index is 15.6. The molecule has 1 aliphatic heterocycles. The van der Waals surface area contributed by atoms with E-state index in [1.54, 1.807) is 12.1 Å². The summed E-state index contributed by atoms with van der Waals surface area (Å²) in [4.78, 5) is 53.1. The molecule has 1 unspecified atom stereocenters. The number of carbonyl (C=O) groups is 2. The van der Waals surface area contributed by atoms with Crippen LogP contribution >= 0.6 is 0 Å². The summed E-state index contributed by atoms with van der Waals surface area (Å²) in [6.07, 6.45) is 1.48. The molecule has 1 aliphatic rings. The maximum Gasteiger partial charge on any atom is 0.328 e. The van der Waals surface area contributed by atoms with Gasteiger partial charge in [0.2, 0.25) is 5.91 Å². The molecular formula is C33H34FN5O5. The van der Waals surface area contributed by atoms with Crippen molar-refractivity contribution >= 4 is 17.5 Å². The Morgan fingerprint density at radius 1 is 1.07 bits per heavy atom. The zero-order valence-corrected chi connectivity index (χ0v) is 25.2. The molecule has 0 bridgehead atoms. The third-order valence-electron chi connectivity index (χ3n) is 8.30. The second kappa shape index (κ2) is 12.3. The van der Waals surface area contributed by atoms with Gasteiger partial charge in [0.25, 0.3) is 11.5 Å². The van der Waals surface area contributed by atoms with Crippen molar-refractivity contribution in [3.05, 3.63) is 104 Å². The number of nitrogens with zero attached hydrogens (tertiary/aromatic N) is 2. The van der Waals surface area contributed by atoms with Crippen molar-refractivity contribution in [2.75, 3.05) is 26.0 Å². The van der Waals surface area contributed by atoms with Gasteiger partial charge in [0.1, 0.15) is 17.1 Å². The molecule has 1 fully saturated rings. The number of halogens is 1. The molecule has 3 aromatic carbocycles. The molecule has 0 spiro atoms. The number of hydrogen-bond donors (Lipinski definition) is 3. The number of ether oxygens (including phenoxy) is 1. The standard InChI is InChI=1S/C33H34FN5O5/c1-18-22(20-12-27(34)26(29(13-20)44-5)17-38(3)21-14-30(40)35-15-21)8-6-9-23(18)24-10-7-11-28(19(24)2)37-31(41)25-16-36-33(43)39(4)32(25)42/h6-13,16,21H,14-15,17H2,1-5H3,(H,35,40)(H,36,43)(H,37,41). The van der Waals surface area contributed by atoms with E-state index in [1.807, 2.05) is 56.1 Å². The quantitative estimate of drug-likeness (QED) is 0.283. The fourth-order valence-corrected chi connectivity index (χ4v) is 5.60. The van der Waals surface area contributed by atoms with Gasteiger partial charge in [-0.2, -0.15) is 0 Å².